The van der Waals surface area contributed by atoms with Gasteiger partial charge < -0.3 is 15.8 Å². The Morgan fingerprint density at radius 2 is 2.28 bits per heavy atom. The van der Waals surface area contributed by atoms with Crippen LogP contribution in [0.25, 0.3) is 0 Å². The van der Waals surface area contributed by atoms with Gasteiger partial charge in [0.1, 0.15) is 6.04 Å². The molecule has 0 aromatic rings. The molecule has 0 saturated carbocycles. The molecular weight excluding hydrogens is 251 g/mol. The molecular formula is C10H18F3N3O2. The van der Waals surface area contributed by atoms with Crippen LogP contribution < -0.4 is 16.4 Å². The van der Waals surface area contributed by atoms with Gasteiger partial charge in [-0.15, -0.1) is 0 Å². The highest BCUT2D eigenvalue weighted by Gasteiger charge is 2.29. The molecule has 0 aromatic carbocycles. The Hall–Kier alpha value is -0.860. The van der Waals surface area contributed by atoms with E-state index in [0.29, 0.717) is 6.61 Å². The van der Waals surface area contributed by atoms with Crippen LogP contribution in [-0.4, -0.2) is 50.5 Å². The Morgan fingerprint density at radius 1 is 1.56 bits per heavy atom. The van der Waals surface area contributed by atoms with Crippen LogP contribution in [0.3, 0.4) is 0 Å². The maximum atomic E-state index is 12.0. The van der Waals surface area contributed by atoms with Crippen LogP contribution in [0, 0.1) is 0 Å². The van der Waals surface area contributed by atoms with Crippen molar-refractivity contribution in [3.05, 3.63) is 0 Å². The second-order valence-electron chi connectivity index (χ2n) is 4.28. The lowest BCUT2D eigenvalue weighted by Crippen LogP contribution is -2.48. The van der Waals surface area contributed by atoms with Gasteiger partial charge in [-0.05, 0) is 19.4 Å². The Kier molecular flexibility index (Phi) is 5.83. The lowest BCUT2D eigenvalue weighted by Gasteiger charge is -2.18. The van der Waals surface area contributed by atoms with E-state index >= 15 is 0 Å². The van der Waals surface area contributed by atoms with E-state index in [1.165, 1.54) is 0 Å². The molecule has 106 valence electrons. The number of ether oxygens (including phenoxy) is 1. The number of halogens is 3. The maximum Gasteiger partial charge on any atom is 0.401 e. The van der Waals surface area contributed by atoms with Crippen molar-refractivity contribution in [2.75, 3.05) is 26.3 Å². The van der Waals surface area contributed by atoms with Crippen molar-refractivity contribution >= 4 is 5.91 Å². The molecule has 1 aliphatic heterocycles. The Balaban J connectivity index is 2.22. The number of primary amides is 1. The summed E-state index contributed by atoms with van der Waals surface area (Å²) in [6.45, 7) is -0.119. The van der Waals surface area contributed by atoms with Crippen LogP contribution in [0.5, 0.6) is 0 Å². The van der Waals surface area contributed by atoms with Crippen molar-refractivity contribution in [3.63, 3.8) is 0 Å². The van der Waals surface area contributed by atoms with Gasteiger partial charge in [0.2, 0.25) is 5.91 Å². The summed E-state index contributed by atoms with van der Waals surface area (Å²) in [5, 5.41) is 5.21. The number of nitrogens with one attached hydrogen (secondary N) is 2. The highest BCUT2D eigenvalue weighted by molar-refractivity contribution is 5.79. The third-order valence-corrected chi connectivity index (χ3v) is 2.66. The van der Waals surface area contributed by atoms with Crippen molar-refractivity contribution in [2.45, 2.75) is 31.1 Å². The standard InChI is InChI=1S/C10H18F3N3O2/c11-10(12,13)6-16-8(9(14)17)5-18-4-7-2-1-3-15-7/h7-8,15-16H,1-6H2,(H2,14,17)/t7-,8+/m1/s1. The Labute approximate surface area is 103 Å². The third kappa shape index (κ3) is 6.18. The van der Waals surface area contributed by atoms with Gasteiger partial charge in [-0.2, -0.15) is 13.2 Å². The Bertz CT molecular complexity index is 268. The van der Waals surface area contributed by atoms with Gasteiger partial charge >= 0.3 is 6.18 Å². The fourth-order valence-electron chi connectivity index (χ4n) is 1.71. The topological polar surface area (TPSA) is 76.4 Å². The zero-order valence-electron chi connectivity index (χ0n) is 9.93. The molecule has 18 heavy (non-hydrogen) atoms. The second kappa shape index (κ2) is 6.91. The van der Waals surface area contributed by atoms with Gasteiger partial charge in [0.25, 0.3) is 0 Å². The van der Waals surface area contributed by atoms with Gasteiger partial charge in [0, 0.05) is 6.04 Å². The summed E-state index contributed by atoms with van der Waals surface area (Å²) in [6.07, 6.45) is -2.35. The highest BCUT2D eigenvalue weighted by atomic mass is 19.4. The average molecular weight is 269 g/mol. The zero-order chi connectivity index (χ0) is 13.6. The summed E-state index contributed by atoms with van der Waals surface area (Å²) in [6, 6.07) is -0.908. The molecule has 5 nitrogen and oxygen atoms in total. The summed E-state index contributed by atoms with van der Waals surface area (Å²) in [7, 11) is 0. The number of rotatable bonds is 7. The fourth-order valence-corrected chi connectivity index (χ4v) is 1.71. The minimum Gasteiger partial charge on any atom is -0.378 e. The average Bonchev–Trinajstić information content (AvgIpc) is 2.73. The van der Waals surface area contributed by atoms with Crippen molar-refractivity contribution in [3.8, 4) is 0 Å². The lowest BCUT2D eigenvalue weighted by molar-refractivity contribution is -0.132. The second-order valence-corrected chi connectivity index (χ2v) is 4.28. The summed E-state index contributed by atoms with van der Waals surface area (Å²) < 4.78 is 41.2. The van der Waals surface area contributed by atoms with Crippen molar-refractivity contribution < 1.29 is 22.7 Å². The summed E-state index contributed by atoms with van der Waals surface area (Å²) in [5.74, 6) is -0.848. The lowest BCUT2D eigenvalue weighted by atomic mass is 10.2. The number of amides is 1. The molecule has 2 atom stereocenters. The third-order valence-electron chi connectivity index (χ3n) is 2.66. The molecule has 1 saturated heterocycles. The van der Waals surface area contributed by atoms with E-state index in [9.17, 15) is 18.0 Å². The van der Waals surface area contributed by atoms with Crippen molar-refractivity contribution in [1.82, 2.24) is 10.6 Å². The number of nitrogens with two attached hydrogens (primary N) is 1. The van der Waals surface area contributed by atoms with Crippen molar-refractivity contribution in [2.24, 2.45) is 5.73 Å². The predicted molar refractivity (Wildman–Crippen MR) is 58.9 cm³/mol. The SMILES string of the molecule is NC(=O)[C@H](COC[C@H]1CCCN1)NCC(F)(F)F. The number of carbonyl (C=O) groups excluding carboxylic acids is 1. The molecule has 8 heteroatoms. The number of hydrogen-bond donors (Lipinski definition) is 3. The van der Waals surface area contributed by atoms with E-state index in [1.807, 2.05) is 5.32 Å². The molecule has 0 spiro atoms. The predicted octanol–water partition coefficient (Wildman–Crippen LogP) is -0.239. The molecule has 0 aromatic heterocycles. The van der Waals surface area contributed by atoms with E-state index in [2.05, 4.69) is 5.32 Å². The highest BCUT2D eigenvalue weighted by Crippen LogP contribution is 2.12. The van der Waals surface area contributed by atoms with Gasteiger partial charge in [0.05, 0.1) is 19.8 Å². The van der Waals surface area contributed by atoms with Gasteiger partial charge in [0.15, 0.2) is 0 Å². The quantitative estimate of drug-likeness (QED) is 0.596. The summed E-state index contributed by atoms with van der Waals surface area (Å²) in [4.78, 5) is 10.9. The molecule has 1 heterocycles. The first-order chi connectivity index (χ1) is 8.38. The number of hydrogen-bond acceptors (Lipinski definition) is 4. The smallest absolute Gasteiger partial charge is 0.378 e. The molecule has 0 radical (unpaired) electrons. The van der Waals surface area contributed by atoms with Gasteiger partial charge in [-0.3, -0.25) is 10.1 Å². The molecule has 1 rings (SSSR count). The summed E-state index contributed by atoms with van der Waals surface area (Å²) >= 11 is 0. The van der Waals surface area contributed by atoms with Crippen LogP contribution in [0.15, 0.2) is 0 Å². The molecule has 0 unspecified atom stereocenters. The van der Waals surface area contributed by atoms with Crippen LogP contribution in [-0.2, 0) is 9.53 Å². The van der Waals surface area contributed by atoms with Crippen LogP contribution in [0.1, 0.15) is 12.8 Å². The van der Waals surface area contributed by atoms with E-state index in [4.69, 9.17) is 10.5 Å². The van der Waals surface area contributed by atoms with Gasteiger partial charge in [-0.25, -0.2) is 0 Å². The van der Waals surface area contributed by atoms with E-state index in [0.717, 1.165) is 19.4 Å². The van der Waals surface area contributed by atoms with E-state index in [1.54, 1.807) is 0 Å². The Morgan fingerprint density at radius 3 is 2.78 bits per heavy atom. The summed E-state index contributed by atoms with van der Waals surface area (Å²) in [5.41, 5.74) is 5.00. The largest absolute Gasteiger partial charge is 0.401 e. The molecule has 0 aliphatic carbocycles. The molecule has 1 aliphatic rings. The fraction of sp³-hybridized carbons (Fsp3) is 0.900. The van der Waals surface area contributed by atoms with Crippen molar-refractivity contribution in [1.29, 1.82) is 0 Å². The molecule has 1 fully saturated rings. The first-order valence-corrected chi connectivity index (χ1v) is 5.79. The minimum atomic E-state index is -4.37. The molecule has 4 N–H and O–H groups in total. The van der Waals surface area contributed by atoms with Crippen LogP contribution in [0.4, 0.5) is 13.2 Å². The van der Waals surface area contributed by atoms with E-state index < -0.39 is 24.7 Å². The number of alkyl halides is 3. The van der Waals surface area contributed by atoms with Crippen LogP contribution in [0.2, 0.25) is 0 Å². The maximum absolute atomic E-state index is 12.0. The van der Waals surface area contributed by atoms with Gasteiger partial charge in [-0.1, -0.05) is 0 Å². The first-order valence-electron chi connectivity index (χ1n) is 5.79. The number of carbonyl (C=O) groups is 1. The van der Waals surface area contributed by atoms with Crippen LogP contribution >= 0.6 is 0 Å². The minimum absolute atomic E-state index is 0.149. The monoisotopic (exact) mass is 269 g/mol. The van der Waals surface area contributed by atoms with E-state index in [-0.39, 0.29) is 12.6 Å². The molecule has 1 amide bonds. The zero-order valence-corrected chi connectivity index (χ0v) is 9.93. The molecule has 0 bridgehead atoms. The first kappa shape index (κ1) is 15.2. The normalized spacial score (nSPS) is 22.1.